The Morgan fingerprint density at radius 3 is 2.07 bits per heavy atom. The van der Waals surface area contributed by atoms with Crippen LogP contribution < -0.4 is 0 Å². The van der Waals surface area contributed by atoms with Crippen LogP contribution in [0.2, 0.25) is 0 Å². The Morgan fingerprint density at radius 2 is 1.67 bits per heavy atom. The third-order valence-corrected chi connectivity index (χ3v) is 4.90. The van der Waals surface area contributed by atoms with Crippen LogP contribution in [0.25, 0.3) is 0 Å². The van der Waals surface area contributed by atoms with E-state index >= 15 is 0 Å². The molecule has 1 saturated carbocycles. The van der Waals surface area contributed by atoms with Gasteiger partial charge in [-0.3, -0.25) is 0 Å². The molecule has 0 bridgehead atoms. The van der Waals surface area contributed by atoms with Gasteiger partial charge in [0.05, 0.1) is 0 Å². The predicted molar refractivity (Wildman–Crippen MR) is 73.8 cm³/mol. The molecule has 1 aliphatic heterocycles. The van der Waals surface area contributed by atoms with E-state index in [0.717, 1.165) is 0 Å². The molecule has 1 heterocycles. The summed E-state index contributed by atoms with van der Waals surface area (Å²) >= 11 is 0. The van der Waals surface area contributed by atoms with E-state index in [4.69, 9.17) is 0 Å². The van der Waals surface area contributed by atoms with Gasteiger partial charge in [0.25, 0.3) is 0 Å². The molecule has 88 valence electrons. The lowest BCUT2D eigenvalue weighted by atomic mass is 10.1. The molecule has 2 fully saturated rings. The van der Waals surface area contributed by atoms with Crippen LogP contribution in [0, 0.1) is 5.41 Å². The fourth-order valence-corrected chi connectivity index (χ4v) is 2.98. The lowest BCUT2D eigenvalue weighted by Gasteiger charge is -2.34. The zero-order valence-electron chi connectivity index (χ0n) is 10.5. The van der Waals surface area contributed by atoms with Crippen molar-refractivity contribution in [2.24, 2.45) is 5.41 Å². The first-order chi connectivity index (χ1) is 7.12. The van der Waals surface area contributed by atoms with Gasteiger partial charge in [-0.2, -0.15) is 10.5 Å². The van der Waals surface area contributed by atoms with Crippen molar-refractivity contribution < 1.29 is 0 Å². The normalized spacial score (nSPS) is 24.1. The topological polar surface area (TPSA) is 3.24 Å². The Hall–Kier alpha value is -0.240. The number of rotatable bonds is 2. The van der Waals surface area contributed by atoms with E-state index in [1.54, 1.807) is 0 Å². The Balaban J connectivity index is 0.000000531. The molecule has 1 aliphatic carbocycles. The van der Waals surface area contributed by atoms with Gasteiger partial charge in [-0.25, -0.2) is 0 Å². The summed E-state index contributed by atoms with van der Waals surface area (Å²) in [5, 5.41) is 0. The summed E-state index contributed by atoms with van der Waals surface area (Å²) in [5.41, 5.74) is 1.86. The molecule has 0 N–H and O–H groups in total. The monoisotopic (exact) mass is 227 g/mol. The number of hydrogen-bond donors (Lipinski definition) is 0. The van der Waals surface area contributed by atoms with E-state index in [2.05, 4.69) is 24.3 Å². The second kappa shape index (κ2) is 5.20. The third kappa shape index (κ3) is 3.10. The smallest absolute Gasteiger partial charge is 0.0261 e. The lowest BCUT2D eigenvalue weighted by molar-refractivity contribution is 0.329. The van der Waals surface area contributed by atoms with Crippen LogP contribution >= 0.6 is 10.5 Å². The summed E-state index contributed by atoms with van der Waals surface area (Å²) in [6, 6.07) is 0. The molecule has 0 spiro atoms. The Kier molecular flexibility index (Phi) is 4.45. The van der Waals surface area contributed by atoms with E-state index in [1.807, 2.05) is 13.8 Å². The highest BCUT2D eigenvalue weighted by atomic mass is 32.2. The fraction of sp³-hybridized carbons (Fsp3) is 0.769. The highest BCUT2D eigenvalue weighted by molar-refractivity contribution is 8.14. The van der Waals surface area contributed by atoms with Gasteiger partial charge in [0.2, 0.25) is 0 Å². The Bertz CT molecular complexity index is 243. The largest absolute Gasteiger partial charge is 0.373 e. The molecule has 15 heavy (non-hydrogen) atoms. The molecule has 0 atom stereocenters. The highest BCUT2D eigenvalue weighted by Gasteiger charge is 2.42. The van der Waals surface area contributed by atoms with Crippen molar-refractivity contribution in [1.29, 1.82) is 0 Å². The molecule has 2 aliphatic rings. The van der Waals surface area contributed by atoms with Gasteiger partial charge in [0.15, 0.2) is 0 Å². The van der Waals surface area contributed by atoms with Crippen LogP contribution in [-0.4, -0.2) is 35.4 Å². The maximum Gasteiger partial charge on any atom is 0.0261 e. The maximum absolute atomic E-state index is 4.25. The molecule has 2 heteroatoms. The summed E-state index contributed by atoms with van der Waals surface area (Å²) in [7, 11) is 0.433. The molecule has 0 aromatic heterocycles. The quantitative estimate of drug-likeness (QED) is 0.654. The van der Waals surface area contributed by atoms with Crippen molar-refractivity contribution in [2.45, 2.75) is 33.6 Å². The highest BCUT2D eigenvalue weighted by Crippen LogP contribution is 2.51. The lowest BCUT2D eigenvalue weighted by Crippen LogP contribution is -2.35. The van der Waals surface area contributed by atoms with Gasteiger partial charge in [0, 0.05) is 35.7 Å². The summed E-state index contributed by atoms with van der Waals surface area (Å²) in [6.45, 7) is 13.0. The first-order valence-corrected chi connectivity index (χ1v) is 7.76. The second-order valence-corrected chi connectivity index (χ2v) is 6.56. The zero-order chi connectivity index (χ0) is 11.5. The summed E-state index contributed by atoms with van der Waals surface area (Å²) in [6.07, 6.45) is 2.69. The molecule has 0 unspecified atom stereocenters. The van der Waals surface area contributed by atoms with Crippen molar-refractivity contribution in [3.63, 3.8) is 0 Å². The second-order valence-electron chi connectivity index (χ2n) is 4.52. The van der Waals surface area contributed by atoms with Crippen LogP contribution in [0.15, 0.2) is 12.3 Å². The van der Waals surface area contributed by atoms with Crippen molar-refractivity contribution in [3.05, 3.63) is 12.3 Å². The summed E-state index contributed by atoms with van der Waals surface area (Å²) < 4.78 is 0. The first kappa shape index (κ1) is 12.8. The number of allylic oxidation sites excluding steroid dienone is 1. The molecular weight excluding hydrogens is 202 g/mol. The van der Waals surface area contributed by atoms with Gasteiger partial charge in [0.1, 0.15) is 0 Å². The molecule has 1 saturated heterocycles. The van der Waals surface area contributed by atoms with Gasteiger partial charge in [-0.05, 0) is 12.8 Å². The minimum Gasteiger partial charge on any atom is -0.373 e. The van der Waals surface area contributed by atoms with Gasteiger partial charge >= 0.3 is 0 Å². The first-order valence-electron chi connectivity index (χ1n) is 6.03. The SMILES string of the molecule is C=C(N1CCS(=C)CC1)C1(C)CC1.CC. The molecule has 1 nitrogen and oxygen atoms in total. The van der Waals surface area contributed by atoms with E-state index < -0.39 is 0 Å². The van der Waals surface area contributed by atoms with Crippen LogP contribution in [0.3, 0.4) is 0 Å². The van der Waals surface area contributed by atoms with Crippen molar-refractivity contribution in [1.82, 2.24) is 4.90 Å². The van der Waals surface area contributed by atoms with E-state index in [9.17, 15) is 0 Å². The van der Waals surface area contributed by atoms with Gasteiger partial charge in [-0.15, -0.1) is 0 Å². The zero-order valence-corrected chi connectivity index (χ0v) is 11.3. The number of nitrogens with zero attached hydrogens (tertiary/aromatic N) is 1. The van der Waals surface area contributed by atoms with Crippen LogP contribution in [0.5, 0.6) is 0 Å². The molecule has 0 aromatic carbocycles. The van der Waals surface area contributed by atoms with E-state index in [-0.39, 0.29) is 0 Å². The minimum absolute atomic E-state index is 0.433. The van der Waals surface area contributed by atoms with Crippen LogP contribution in [0.4, 0.5) is 0 Å². The van der Waals surface area contributed by atoms with E-state index in [0.29, 0.717) is 15.9 Å². The predicted octanol–water partition coefficient (Wildman–Crippen LogP) is 3.34. The summed E-state index contributed by atoms with van der Waals surface area (Å²) in [4.78, 5) is 2.49. The van der Waals surface area contributed by atoms with E-state index in [1.165, 1.54) is 43.1 Å². The number of hydrogen-bond acceptors (Lipinski definition) is 1. The van der Waals surface area contributed by atoms with Crippen LogP contribution in [0.1, 0.15) is 33.6 Å². The summed E-state index contributed by atoms with van der Waals surface area (Å²) in [5.74, 6) is 6.69. The molecule has 0 amide bonds. The minimum atomic E-state index is 0.433. The molecule has 0 radical (unpaired) electrons. The van der Waals surface area contributed by atoms with Gasteiger partial charge in [-0.1, -0.05) is 33.2 Å². The van der Waals surface area contributed by atoms with Gasteiger partial charge < -0.3 is 4.90 Å². The third-order valence-electron chi connectivity index (χ3n) is 3.38. The van der Waals surface area contributed by atoms with Crippen molar-refractivity contribution in [2.75, 3.05) is 24.6 Å². The maximum atomic E-state index is 4.25. The molecular formula is C13H25NS. The Labute approximate surface area is 97.5 Å². The van der Waals surface area contributed by atoms with Crippen molar-refractivity contribution in [3.8, 4) is 0 Å². The molecule has 2 rings (SSSR count). The van der Waals surface area contributed by atoms with Crippen LogP contribution in [-0.2, 0) is 0 Å². The standard InChI is InChI=1S/C11H19NS.C2H6/c1-10(11(2)4-5-11)12-6-8-13(3)9-7-12;1-2/h1,3-9H2,2H3;1-2H3. The fourth-order valence-electron chi connectivity index (χ4n) is 1.82. The average Bonchev–Trinajstić information content (AvgIpc) is 3.01. The average molecular weight is 227 g/mol. The molecule has 0 aromatic rings. The van der Waals surface area contributed by atoms with Crippen molar-refractivity contribution >= 4 is 16.4 Å². The Morgan fingerprint density at radius 1 is 1.20 bits per heavy atom.